The molecule has 0 bridgehead atoms. The van der Waals surface area contributed by atoms with Gasteiger partial charge in [0, 0.05) is 162 Å². The second-order valence-electron chi connectivity index (χ2n) is 30.6. The summed E-state index contributed by atoms with van der Waals surface area (Å²) in [6.45, 7) is 22.8. The van der Waals surface area contributed by atoms with E-state index in [1.54, 1.807) is 30.5 Å². The van der Waals surface area contributed by atoms with Crippen LogP contribution in [0.5, 0.6) is 0 Å². The van der Waals surface area contributed by atoms with E-state index in [0.717, 1.165) is 65.3 Å². The zero-order valence-electron chi connectivity index (χ0n) is 72.8. The van der Waals surface area contributed by atoms with Crippen LogP contribution < -0.4 is 71.0 Å². The van der Waals surface area contributed by atoms with Crippen LogP contribution in [0.4, 0.5) is 16.2 Å². The van der Waals surface area contributed by atoms with Crippen molar-refractivity contribution in [1.82, 2.24) is 65.5 Å². The van der Waals surface area contributed by atoms with Crippen LogP contribution >= 0.6 is 11.8 Å². The van der Waals surface area contributed by atoms with E-state index in [1.165, 1.54) is 22.9 Å². The fraction of sp³-hybridized carbons (Fsp3) is 0.483. The van der Waals surface area contributed by atoms with Gasteiger partial charge in [-0.1, -0.05) is 23.8 Å². The Morgan fingerprint density at radius 1 is 0.551 bits per heavy atom. The highest BCUT2D eigenvalue weighted by atomic mass is 32.2. The fourth-order valence-electron chi connectivity index (χ4n) is 15.9. The van der Waals surface area contributed by atoms with Crippen LogP contribution in [0.1, 0.15) is 119 Å². The minimum atomic E-state index is -5.41. The maximum atomic E-state index is 14.1. The van der Waals surface area contributed by atoms with E-state index in [0.29, 0.717) is 152 Å². The van der Waals surface area contributed by atoms with E-state index >= 15 is 0 Å². The number of aromatic nitrogens is 3. The van der Waals surface area contributed by atoms with Gasteiger partial charge in [-0.15, -0.1) is 5.10 Å². The summed E-state index contributed by atoms with van der Waals surface area (Å²) in [6.07, 6.45) is 4.11. The van der Waals surface area contributed by atoms with Crippen LogP contribution in [0, 0.1) is 0 Å². The van der Waals surface area contributed by atoms with E-state index < -0.39 is 103 Å². The highest BCUT2D eigenvalue weighted by Gasteiger charge is 2.43. The highest BCUT2D eigenvalue weighted by Crippen LogP contribution is 2.46. The Labute approximate surface area is 745 Å². The van der Waals surface area contributed by atoms with Crippen molar-refractivity contribution in [1.29, 1.82) is 0 Å². The molecule has 11 rings (SSSR count). The molecule has 4 atom stereocenters. The molecule has 6 amide bonds. The van der Waals surface area contributed by atoms with Crippen molar-refractivity contribution in [2.45, 2.75) is 169 Å². The minimum absolute atomic E-state index is 0.0150. The van der Waals surface area contributed by atoms with Crippen molar-refractivity contribution in [2.24, 2.45) is 0 Å². The van der Waals surface area contributed by atoms with E-state index in [2.05, 4.69) is 70.6 Å². The fourth-order valence-corrected chi connectivity index (χ4v) is 21.1. The van der Waals surface area contributed by atoms with Gasteiger partial charge >= 0.3 is 6.03 Å². The largest absolute Gasteiger partial charge is 0.744 e. The van der Waals surface area contributed by atoms with Crippen LogP contribution in [0.15, 0.2) is 144 Å². The van der Waals surface area contributed by atoms with Crippen LogP contribution in [0.2, 0.25) is 0 Å². The standard InChI is InChI=1S/C87H115N15O20S5/c1-9-98(10-2)59-24-30-65-73(49-59)121-74-50-60(99(11-3)12-4)25-31-66(74)83(65)69-34-28-63(53-78(69)126(112,113)114)124(108,109)91-39-36-81(104)88-38-20-19-21-71(86(106)90-55-58-56-102(97-96-58)42-44-119-46-48-120-47-45-118-43-41-89-80(103)23-18-17-22-77-85-72(57-123-77)94-87(107)95-85)93-82(105)37-40-92-125(110,111)64-29-35-70(79(54-64)127(115,116)117)84-67-32-26-61(100(13-5)14-6)51-75(67)122-76-52-62(27-33-68(76)84)101(15-7)16-8/h24-35,49-54,56,71-72,77,85,91-92H,9-23,36-48,55,57H2,1-8H3,(H6-2,88,89,90,93,94,95,103,104,105,106,107,112,113,114,115,116,117)/t71-,72-,77-,85-/m0/s1. The van der Waals surface area contributed by atoms with Crippen molar-refractivity contribution in [3.63, 3.8) is 0 Å². The first-order chi connectivity index (χ1) is 60.9. The molecule has 2 fully saturated rings. The highest BCUT2D eigenvalue weighted by molar-refractivity contribution is 8.00. The number of hydrogen-bond acceptors (Lipinski definition) is 25. The third-order valence-corrected chi connectivity index (χ3v) is 28.7. The molecule has 0 radical (unpaired) electrons. The number of sulfonamides is 2. The summed E-state index contributed by atoms with van der Waals surface area (Å²) < 4.78 is 177. The first-order valence-corrected chi connectivity index (χ1v) is 50.0. The Morgan fingerprint density at radius 2 is 1.05 bits per heavy atom. The molecule has 4 aromatic carbocycles. The van der Waals surface area contributed by atoms with Gasteiger partial charge < -0.3 is 73.9 Å². The Morgan fingerprint density at radius 3 is 1.57 bits per heavy atom. The number of carbonyl (C=O) groups is 5. The predicted molar refractivity (Wildman–Crippen MR) is 482 cm³/mol. The lowest BCUT2D eigenvalue weighted by atomic mass is 9.93. The summed E-state index contributed by atoms with van der Waals surface area (Å²) in [5, 5.41) is 28.2. The van der Waals surface area contributed by atoms with E-state index in [-0.39, 0.29) is 100 Å². The van der Waals surface area contributed by atoms with Gasteiger partial charge in [0.2, 0.25) is 54.4 Å². The molecule has 688 valence electrons. The molecular weight excluding hydrogens is 1740 g/mol. The summed E-state index contributed by atoms with van der Waals surface area (Å²) in [7, 11) is -20.0. The lowest BCUT2D eigenvalue weighted by Crippen LogP contribution is -2.47. The van der Waals surface area contributed by atoms with Gasteiger partial charge in [-0.05, 0) is 148 Å². The number of benzene rings is 6. The molecule has 0 unspecified atom stereocenters. The number of ether oxygens (including phenoxy) is 3. The number of nitrogens with zero attached hydrogens (tertiary/aromatic N) is 7. The summed E-state index contributed by atoms with van der Waals surface area (Å²) in [5.74, 6) is -0.380. The Hall–Kier alpha value is -9.98. The number of thioether (sulfide) groups is 1. The predicted octanol–water partition coefficient (Wildman–Crippen LogP) is 6.46. The average molecular weight is 1850 g/mol. The molecule has 1 aromatic heterocycles. The molecule has 2 aliphatic carbocycles. The average Bonchev–Trinajstić information content (AvgIpc) is 1.13. The number of unbranched alkanes of at least 4 members (excludes halogenated alkanes) is 2. The number of hydrogen-bond donors (Lipinski definition) is 8. The molecule has 0 saturated carbocycles. The molecular formula is C87H115N15O20S5. The third-order valence-electron chi connectivity index (χ3n) is 22.6. The van der Waals surface area contributed by atoms with Crippen LogP contribution in [-0.2, 0) is 86.8 Å². The van der Waals surface area contributed by atoms with Crippen molar-refractivity contribution in [3.8, 4) is 44.9 Å². The molecule has 5 heterocycles. The van der Waals surface area contributed by atoms with Gasteiger partial charge in [-0.25, -0.2) is 61.7 Å². The van der Waals surface area contributed by atoms with Crippen molar-refractivity contribution in [2.75, 3.05) is 134 Å². The quantitative estimate of drug-likeness (QED) is 0.00667. The van der Waals surface area contributed by atoms with E-state index in [9.17, 15) is 66.7 Å². The van der Waals surface area contributed by atoms with Gasteiger partial charge in [0.05, 0.1) is 103 Å². The maximum Gasteiger partial charge on any atom is 0.315 e. The number of nitrogens with one attached hydrogen (secondary N) is 8. The monoisotopic (exact) mass is 1850 g/mol. The number of rotatable bonds is 50. The van der Waals surface area contributed by atoms with Crippen molar-refractivity contribution in [3.05, 3.63) is 132 Å². The Kier molecular flexibility index (Phi) is 34.8. The molecule has 127 heavy (non-hydrogen) atoms. The van der Waals surface area contributed by atoms with Gasteiger partial charge in [0.1, 0.15) is 80.8 Å². The Bertz CT molecular complexity index is 5950. The molecule has 6 aliphatic rings. The first kappa shape index (κ1) is 97.6. The van der Waals surface area contributed by atoms with Gasteiger partial charge in [0.25, 0.3) is 0 Å². The Balaban J connectivity index is 0.693. The summed E-state index contributed by atoms with van der Waals surface area (Å²) in [6, 6.07) is 27.3. The zero-order valence-corrected chi connectivity index (χ0v) is 76.9. The number of fused-ring (bicyclic) bond motifs is 5. The molecule has 40 heteroatoms. The van der Waals surface area contributed by atoms with Crippen LogP contribution in [0.3, 0.4) is 0 Å². The smallest absolute Gasteiger partial charge is 0.315 e. The van der Waals surface area contributed by atoms with Crippen molar-refractivity contribution < 1.29 is 89.8 Å². The lowest BCUT2D eigenvalue weighted by molar-refractivity contribution is -0.129. The summed E-state index contributed by atoms with van der Waals surface area (Å²) in [5.41, 5.74) is 4.28. The molecule has 8 N–H and O–H groups in total. The normalized spacial score (nSPS) is 15.0. The number of anilines is 2. The van der Waals surface area contributed by atoms with Crippen molar-refractivity contribution >= 4 is 115 Å². The molecule has 35 nitrogen and oxygen atoms in total. The summed E-state index contributed by atoms with van der Waals surface area (Å²) in [4.78, 5) is 66.7. The van der Waals surface area contributed by atoms with Crippen LogP contribution in [-0.4, -0.2) is 235 Å². The SMILES string of the molecule is CCN(CC)c1ccc2c(-c3ccc(S(=O)(=O)NCCC(=O)NCCCC[C@H](NC(=O)CCNS(=O)(=O)c4ccc(-c5c6ccc(=[N+](CC)CC)cc-6oc6cc(N(CC)CC)ccc56)c(S(=O)(=O)[O-])c4)C(=O)NCc4cn(CCOCCOCCOCCNC(=O)CCCC[C@@H]5SC[C@@H]6NC(=O)N[C@@H]65)nn4)cc3S(=O)(=O)[O-])c3ccc(=[N+](CC)CC)cc-3oc2c1. The minimum Gasteiger partial charge on any atom is -0.744 e. The number of urea groups is 1. The molecule has 4 aliphatic heterocycles. The zero-order chi connectivity index (χ0) is 91.2. The molecule has 5 aromatic rings. The second kappa shape index (κ2) is 45.3. The topological polar surface area (TPSA) is 461 Å². The number of amides is 6. The van der Waals surface area contributed by atoms with E-state index in [4.69, 9.17) is 23.0 Å². The van der Waals surface area contributed by atoms with Gasteiger partial charge in [-0.3, -0.25) is 19.2 Å². The second-order valence-corrected chi connectivity index (χ2v) is 38.1. The van der Waals surface area contributed by atoms with Gasteiger partial charge in [-0.2, -0.15) is 11.8 Å². The van der Waals surface area contributed by atoms with Gasteiger partial charge in [0.15, 0.2) is 0 Å². The number of carbonyl (C=O) groups excluding carboxylic acids is 5. The van der Waals surface area contributed by atoms with Crippen LogP contribution in [0.25, 0.3) is 66.8 Å². The molecule has 2 saturated heterocycles. The summed E-state index contributed by atoms with van der Waals surface area (Å²) >= 11 is 1.85. The maximum absolute atomic E-state index is 14.1. The van der Waals surface area contributed by atoms with E-state index in [1.807, 2.05) is 116 Å². The first-order valence-electron chi connectivity index (χ1n) is 43.2. The third kappa shape index (κ3) is 25.5. The lowest BCUT2D eigenvalue weighted by Gasteiger charge is -2.23. The molecule has 0 spiro atoms.